The zero-order valence-corrected chi connectivity index (χ0v) is 21.5. The Morgan fingerprint density at radius 2 is 1.98 bits per heavy atom. The highest BCUT2D eigenvalue weighted by Crippen LogP contribution is 2.30. The third-order valence-electron chi connectivity index (χ3n) is 5.63. The summed E-state index contributed by atoms with van der Waals surface area (Å²) in [5, 5.41) is 19.7. The van der Waals surface area contributed by atoms with Gasteiger partial charge in [0.1, 0.15) is 18.1 Å². The van der Waals surface area contributed by atoms with Gasteiger partial charge in [0.15, 0.2) is 17.2 Å². The molecule has 2 aromatic heterocycles. The summed E-state index contributed by atoms with van der Waals surface area (Å²) in [6.45, 7) is -0.0949. The number of hydrogen-bond donors (Lipinski definition) is 2. The van der Waals surface area contributed by atoms with Crippen molar-refractivity contribution in [2.45, 2.75) is 6.61 Å². The van der Waals surface area contributed by atoms with Crippen LogP contribution in [0.25, 0.3) is 17.1 Å². The number of hydrogen-bond acceptors (Lipinski definition) is 10. The minimum Gasteiger partial charge on any atom is -0.493 e. The Morgan fingerprint density at radius 1 is 1.15 bits per heavy atom. The molecule has 5 aromatic rings. The first kappa shape index (κ1) is 26.3. The van der Waals surface area contributed by atoms with Gasteiger partial charge in [0.05, 0.1) is 18.3 Å². The molecule has 0 saturated carbocycles. The van der Waals surface area contributed by atoms with E-state index in [9.17, 15) is 9.18 Å². The van der Waals surface area contributed by atoms with Crippen molar-refractivity contribution in [3.8, 4) is 28.6 Å². The van der Waals surface area contributed by atoms with Gasteiger partial charge in [0, 0.05) is 11.1 Å². The first-order valence-corrected chi connectivity index (χ1v) is 12.0. The molecular weight excluding hydrogens is 543 g/mol. The van der Waals surface area contributed by atoms with E-state index in [1.807, 2.05) is 6.07 Å². The Hall–Kier alpha value is -5.30. The molecule has 5 rings (SSSR count). The van der Waals surface area contributed by atoms with E-state index in [2.05, 4.69) is 35.8 Å². The van der Waals surface area contributed by atoms with Gasteiger partial charge < -0.3 is 15.2 Å². The predicted molar refractivity (Wildman–Crippen MR) is 143 cm³/mol. The van der Waals surface area contributed by atoms with E-state index in [1.165, 1.54) is 25.5 Å². The van der Waals surface area contributed by atoms with E-state index in [1.54, 1.807) is 48.5 Å². The summed E-state index contributed by atoms with van der Waals surface area (Å²) < 4.78 is 31.0. The van der Waals surface area contributed by atoms with E-state index in [0.717, 1.165) is 4.68 Å². The maximum atomic E-state index is 14.1. The molecule has 40 heavy (non-hydrogen) atoms. The molecule has 0 fully saturated rings. The van der Waals surface area contributed by atoms with Gasteiger partial charge in [-0.25, -0.2) is 14.4 Å². The number of methoxy groups -OCH3 is 1. The first-order valence-electron chi connectivity index (χ1n) is 11.6. The summed E-state index contributed by atoms with van der Waals surface area (Å²) in [5.41, 5.74) is 9.99. The summed E-state index contributed by atoms with van der Waals surface area (Å²) >= 11 is 6.08. The maximum absolute atomic E-state index is 14.1. The topological polar surface area (TPSA) is 156 Å². The molecule has 3 N–H and O–H groups in total. The number of ether oxygens (including phenoxy) is 2. The lowest BCUT2D eigenvalue weighted by atomic mass is 10.1. The monoisotopic (exact) mass is 562 g/mol. The molecule has 1 amide bonds. The lowest BCUT2D eigenvalue weighted by Crippen LogP contribution is -2.22. The summed E-state index contributed by atoms with van der Waals surface area (Å²) in [6, 6.07) is 18.3. The van der Waals surface area contributed by atoms with Crippen molar-refractivity contribution >= 4 is 29.5 Å². The lowest BCUT2D eigenvalue weighted by molar-refractivity contribution is 0.0947. The number of anilines is 1. The molecular formula is C26H20ClFN8O4. The number of nitrogens with one attached hydrogen (secondary N) is 1. The number of amides is 1. The fraction of sp³-hybridized carbons (Fsp3) is 0.0769. The van der Waals surface area contributed by atoms with Gasteiger partial charge in [0.2, 0.25) is 11.6 Å². The normalized spacial score (nSPS) is 11.1. The average Bonchev–Trinajstić information content (AvgIpc) is 3.59. The summed E-state index contributed by atoms with van der Waals surface area (Å²) in [5.74, 6) is -0.458. The molecule has 202 valence electrons. The highest BCUT2D eigenvalue weighted by Gasteiger charge is 2.25. The molecule has 0 saturated heterocycles. The number of benzene rings is 3. The second-order valence-electron chi connectivity index (χ2n) is 8.14. The Balaban J connectivity index is 1.35. The molecule has 12 nitrogen and oxygen atoms in total. The molecule has 0 bridgehead atoms. The minimum atomic E-state index is -0.642. The number of nitrogens with two attached hydrogens (primary N) is 1. The molecule has 0 atom stereocenters. The quantitative estimate of drug-likeness (QED) is 0.200. The van der Waals surface area contributed by atoms with E-state index < -0.39 is 11.7 Å². The standard InChI is InChI=1S/C26H20ClFN8O4/c1-38-21-12-15(10-11-20(21)39-14-17-18(27)8-5-9-19(17)28)13-30-32-26(37)23-22(16-6-3-2-4-7-16)31-35-36(23)25-24(29)33-40-34-25/h2-13H,14H2,1H3,(H2,29,33)(H,32,37)/b30-13-. The number of halogens is 2. The molecule has 0 radical (unpaired) electrons. The van der Waals surface area contributed by atoms with Crippen molar-refractivity contribution in [3.63, 3.8) is 0 Å². The van der Waals surface area contributed by atoms with Gasteiger partial charge in [-0.15, -0.1) is 5.10 Å². The van der Waals surface area contributed by atoms with Crippen molar-refractivity contribution in [1.82, 2.24) is 30.7 Å². The molecule has 2 heterocycles. The second-order valence-corrected chi connectivity index (χ2v) is 8.54. The van der Waals surface area contributed by atoms with Crippen molar-refractivity contribution in [1.29, 1.82) is 0 Å². The molecule has 3 aromatic carbocycles. The van der Waals surface area contributed by atoms with Crippen LogP contribution in [-0.2, 0) is 6.61 Å². The van der Waals surface area contributed by atoms with Gasteiger partial charge >= 0.3 is 0 Å². The molecule has 0 unspecified atom stereocenters. The number of rotatable bonds is 9. The van der Waals surface area contributed by atoms with Crippen molar-refractivity contribution < 1.29 is 23.3 Å². The fourth-order valence-corrected chi connectivity index (χ4v) is 3.90. The highest BCUT2D eigenvalue weighted by molar-refractivity contribution is 6.31. The molecule has 0 aliphatic rings. The molecule has 0 spiro atoms. The zero-order chi connectivity index (χ0) is 28.1. The first-order chi connectivity index (χ1) is 19.5. The number of carbonyl (C=O) groups excluding carboxylic acids is 1. The van der Waals surface area contributed by atoms with Crippen LogP contribution < -0.4 is 20.6 Å². The zero-order valence-electron chi connectivity index (χ0n) is 20.8. The van der Waals surface area contributed by atoms with Crippen molar-refractivity contribution in [3.05, 3.63) is 94.4 Å². The lowest BCUT2D eigenvalue weighted by Gasteiger charge is -2.12. The highest BCUT2D eigenvalue weighted by atomic mass is 35.5. The van der Waals surface area contributed by atoms with Crippen molar-refractivity contribution in [2.24, 2.45) is 5.10 Å². The van der Waals surface area contributed by atoms with Crippen LogP contribution in [0.15, 0.2) is 76.5 Å². The van der Waals surface area contributed by atoms with Gasteiger partial charge in [-0.2, -0.15) is 9.78 Å². The third kappa shape index (κ3) is 5.44. The summed E-state index contributed by atoms with van der Waals surface area (Å²) in [6.07, 6.45) is 1.40. The Labute approximate surface area is 231 Å². The van der Waals surface area contributed by atoms with Crippen LogP contribution in [-0.4, -0.2) is 44.5 Å². The van der Waals surface area contributed by atoms with Crippen LogP contribution in [0, 0.1) is 5.82 Å². The van der Waals surface area contributed by atoms with Crippen LogP contribution in [0.5, 0.6) is 11.5 Å². The second kappa shape index (κ2) is 11.6. The third-order valence-corrected chi connectivity index (χ3v) is 5.98. The van der Waals surface area contributed by atoms with Gasteiger partial charge in [-0.1, -0.05) is 53.2 Å². The average molecular weight is 563 g/mol. The summed E-state index contributed by atoms with van der Waals surface area (Å²) in [4.78, 5) is 13.2. The Bertz CT molecular complexity index is 1670. The van der Waals surface area contributed by atoms with E-state index in [4.69, 9.17) is 26.8 Å². The van der Waals surface area contributed by atoms with Gasteiger partial charge in [-0.3, -0.25) is 4.79 Å². The molecule has 14 heteroatoms. The summed E-state index contributed by atoms with van der Waals surface area (Å²) in [7, 11) is 1.46. The Kier molecular flexibility index (Phi) is 7.64. The largest absolute Gasteiger partial charge is 0.493 e. The number of carbonyl (C=O) groups is 1. The molecule has 0 aliphatic heterocycles. The van der Waals surface area contributed by atoms with Crippen LogP contribution in [0.4, 0.5) is 10.2 Å². The fourth-order valence-electron chi connectivity index (χ4n) is 3.68. The SMILES string of the molecule is COc1cc(/C=N\NC(=O)c2c(-c3ccccc3)nnn2-c2nonc2N)ccc1OCc1c(F)cccc1Cl. The maximum Gasteiger partial charge on any atom is 0.292 e. The number of aromatic nitrogens is 5. The van der Waals surface area contributed by atoms with Crippen LogP contribution in [0.2, 0.25) is 5.02 Å². The number of nitrogens with zero attached hydrogens (tertiary/aromatic N) is 6. The van der Waals surface area contributed by atoms with Crippen LogP contribution in [0.1, 0.15) is 21.6 Å². The number of hydrazone groups is 1. The smallest absolute Gasteiger partial charge is 0.292 e. The van der Waals surface area contributed by atoms with E-state index >= 15 is 0 Å². The Morgan fingerprint density at radius 3 is 2.70 bits per heavy atom. The number of nitrogen functional groups attached to an aromatic ring is 1. The van der Waals surface area contributed by atoms with Gasteiger partial charge in [-0.05, 0) is 46.2 Å². The minimum absolute atomic E-state index is 0.000748. The van der Waals surface area contributed by atoms with E-state index in [-0.39, 0.29) is 40.2 Å². The van der Waals surface area contributed by atoms with Crippen molar-refractivity contribution in [2.75, 3.05) is 12.8 Å². The predicted octanol–water partition coefficient (Wildman–Crippen LogP) is 4.04. The van der Waals surface area contributed by atoms with Gasteiger partial charge in [0.25, 0.3) is 5.91 Å². The van der Waals surface area contributed by atoms with Crippen LogP contribution in [0.3, 0.4) is 0 Å². The van der Waals surface area contributed by atoms with E-state index in [0.29, 0.717) is 22.6 Å². The van der Waals surface area contributed by atoms with Crippen LogP contribution >= 0.6 is 11.6 Å². The molecule has 0 aliphatic carbocycles.